The quantitative estimate of drug-likeness (QED) is 0.429. The van der Waals surface area contributed by atoms with E-state index in [1.54, 1.807) is 6.07 Å². The van der Waals surface area contributed by atoms with E-state index >= 15 is 0 Å². The second kappa shape index (κ2) is 9.44. The Balaban J connectivity index is 1.74. The molecule has 0 aromatic heterocycles. The van der Waals surface area contributed by atoms with Gasteiger partial charge in [0.2, 0.25) is 0 Å². The first-order valence-corrected chi connectivity index (χ1v) is 9.98. The number of hydrogen-bond donors (Lipinski definition) is 2. The van der Waals surface area contributed by atoms with Crippen LogP contribution in [0.15, 0.2) is 41.5 Å². The van der Waals surface area contributed by atoms with Crippen molar-refractivity contribution in [2.45, 2.75) is 32.5 Å². The van der Waals surface area contributed by atoms with Crippen molar-refractivity contribution in [1.29, 1.82) is 0 Å². The Kier molecular flexibility index (Phi) is 6.94. The van der Waals surface area contributed by atoms with Gasteiger partial charge in [0.25, 0.3) is 0 Å². The Bertz CT molecular complexity index is 940. The highest BCUT2D eigenvalue weighted by atomic mass is 32.1. The molecule has 0 saturated carbocycles. The van der Waals surface area contributed by atoms with Crippen molar-refractivity contribution in [2.24, 2.45) is 10.8 Å². The summed E-state index contributed by atoms with van der Waals surface area (Å²) >= 11 is 4.61. The first-order valence-electron chi connectivity index (χ1n) is 9.57. The number of nitrogens with one attached hydrogen (secondary N) is 1. The molecule has 2 atom stereocenters. The monoisotopic (exact) mass is 435 g/mol. The molecular weight excluding hydrogens is 411 g/mol. The molecule has 3 rings (SSSR count). The maximum Gasteiger partial charge on any atom is 0.184 e. The number of halogens is 3. The molecule has 1 heterocycles. The van der Waals surface area contributed by atoms with E-state index in [-0.39, 0.29) is 34.3 Å². The van der Waals surface area contributed by atoms with Crippen LogP contribution in [0.4, 0.5) is 18.9 Å². The summed E-state index contributed by atoms with van der Waals surface area (Å²) in [6, 6.07) is 8.93. The first kappa shape index (κ1) is 22.0. The van der Waals surface area contributed by atoms with Crippen molar-refractivity contribution in [3.05, 3.63) is 65.0 Å². The average molecular weight is 436 g/mol. The number of anilines is 1. The molecule has 5 nitrogen and oxygen atoms in total. The molecule has 0 radical (unpaired) electrons. The standard InChI is InChI=1S/C21H24F3N5S/c1-13-10-28(11-14(2)29(13)12-15-4-3-5-17(22)6-15)20-8-18(23)16(7-19(20)24)9-26-27-21(25)30/h3-9,13-14H,10-12H2,1-2H3,(H3,25,27,30)/t13-,14+. The number of nitrogens with zero attached hydrogens (tertiary/aromatic N) is 3. The van der Waals surface area contributed by atoms with Crippen molar-refractivity contribution in [3.63, 3.8) is 0 Å². The van der Waals surface area contributed by atoms with Crippen LogP contribution < -0.4 is 16.1 Å². The molecule has 0 aliphatic carbocycles. The van der Waals surface area contributed by atoms with Crippen LogP contribution in [0.3, 0.4) is 0 Å². The molecule has 160 valence electrons. The molecule has 2 aromatic rings. The van der Waals surface area contributed by atoms with Gasteiger partial charge in [-0.15, -0.1) is 0 Å². The summed E-state index contributed by atoms with van der Waals surface area (Å²) in [4.78, 5) is 4.08. The molecule has 1 aliphatic heterocycles. The van der Waals surface area contributed by atoms with Gasteiger partial charge in [-0.05, 0) is 49.8 Å². The van der Waals surface area contributed by atoms with E-state index in [0.29, 0.717) is 19.6 Å². The van der Waals surface area contributed by atoms with Crippen LogP contribution in [0.25, 0.3) is 0 Å². The number of nitrogens with two attached hydrogens (primary N) is 1. The molecule has 0 amide bonds. The van der Waals surface area contributed by atoms with E-state index in [9.17, 15) is 13.2 Å². The van der Waals surface area contributed by atoms with Crippen LogP contribution in [0, 0.1) is 17.5 Å². The summed E-state index contributed by atoms with van der Waals surface area (Å²) in [6.07, 6.45) is 1.13. The van der Waals surface area contributed by atoms with Crippen LogP contribution in [0.5, 0.6) is 0 Å². The van der Waals surface area contributed by atoms with Crippen LogP contribution in [-0.4, -0.2) is 41.4 Å². The number of piperazine rings is 1. The Labute approximate surface area is 179 Å². The van der Waals surface area contributed by atoms with Crippen LogP contribution in [0.2, 0.25) is 0 Å². The molecule has 3 N–H and O–H groups in total. The van der Waals surface area contributed by atoms with Crippen LogP contribution in [-0.2, 0) is 6.54 Å². The maximum absolute atomic E-state index is 14.7. The van der Waals surface area contributed by atoms with Crippen molar-refractivity contribution in [2.75, 3.05) is 18.0 Å². The van der Waals surface area contributed by atoms with E-state index in [1.807, 2.05) is 24.8 Å². The molecule has 1 fully saturated rings. The topological polar surface area (TPSA) is 56.9 Å². The van der Waals surface area contributed by atoms with Gasteiger partial charge in [0.1, 0.15) is 17.5 Å². The fourth-order valence-electron chi connectivity index (χ4n) is 3.77. The van der Waals surface area contributed by atoms with Crippen molar-refractivity contribution >= 4 is 29.2 Å². The fourth-order valence-corrected chi connectivity index (χ4v) is 3.82. The highest BCUT2D eigenvalue weighted by Crippen LogP contribution is 2.28. The molecule has 30 heavy (non-hydrogen) atoms. The van der Waals surface area contributed by atoms with E-state index < -0.39 is 11.6 Å². The molecule has 1 saturated heterocycles. The minimum atomic E-state index is -0.595. The summed E-state index contributed by atoms with van der Waals surface area (Å²) in [5.74, 6) is -1.40. The van der Waals surface area contributed by atoms with Gasteiger partial charge in [0.15, 0.2) is 5.11 Å². The summed E-state index contributed by atoms with van der Waals surface area (Å²) in [5.41, 5.74) is 8.64. The Morgan fingerprint density at radius 2 is 1.87 bits per heavy atom. The van der Waals surface area contributed by atoms with Gasteiger partial charge in [-0.3, -0.25) is 10.3 Å². The average Bonchev–Trinajstić information content (AvgIpc) is 2.66. The Hall–Kier alpha value is -2.65. The Morgan fingerprint density at radius 1 is 1.17 bits per heavy atom. The number of rotatable bonds is 5. The van der Waals surface area contributed by atoms with Crippen molar-refractivity contribution in [1.82, 2.24) is 10.3 Å². The predicted molar refractivity (Wildman–Crippen MR) is 117 cm³/mol. The lowest BCUT2D eigenvalue weighted by atomic mass is 10.0. The van der Waals surface area contributed by atoms with Gasteiger partial charge in [-0.2, -0.15) is 5.10 Å². The third-order valence-corrected chi connectivity index (χ3v) is 5.23. The van der Waals surface area contributed by atoms with Gasteiger partial charge in [0.05, 0.1) is 11.9 Å². The van der Waals surface area contributed by atoms with Gasteiger partial charge >= 0.3 is 0 Å². The zero-order valence-electron chi connectivity index (χ0n) is 16.8. The third kappa shape index (κ3) is 5.28. The number of hydrazone groups is 1. The van der Waals surface area contributed by atoms with E-state index in [4.69, 9.17) is 5.73 Å². The summed E-state index contributed by atoms with van der Waals surface area (Å²) < 4.78 is 42.7. The maximum atomic E-state index is 14.7. The third-order valence-electron chi connectivity index (χ3n) is 5.14. The fraction of sp³-hybridized carbons (Fsp3) is 0.333. The first-order chi connectivity index (χ1) is 14.2. The smallest absolute Gasteiger partial charge is 0.184 e. The van der Waals surface area contributed by atoms with E-state index in [2.05, 4.69) is 27.6 Å². The minimum Gasteiger partial charge on any atom is -0.375 e. The van der Waals surface area contributed by atoms with E-state index in [1.165, 1.54) is 18.2 Å². The van der Waals surface area contributed by atoms with Crippen LogP contribution in [0.1, 0.15) is 25.0 Å². The van der Waals surface area contributed by atoms with Gasteiger partial charge in [-0.25, -0.2) is 13.2 Å². The molecule has 9 heteroatoms. The summed E-state index contributed by atoms with van der Waals surface area (Å²) in [5, 5.41) is 3.60. The lowest BCUT2D eigenvalue weighted by Gasteiger charge is -2.45. The summed E-state index contributed by atoms with van der Waals surface area (Å²) in [7, 11) is 0. The number of benzene rings is 2. The van der Waals surface area contributed by atoms with E-state index in [0.717, 1.165) is 17.8 Å². The lowest BCUT2D eigenvalue weighted by Crippen LogP contribution is -2.56. The van der Waals surface area contributed by atoms with Crippen LogP contribution >= 0.6 is 12.2 Å². The zero-order chi connectivity index (χ0) is 21.8. The second-order valence-corrected chi connectivity index (χ2v) is 7.90. The van der Waals surface area contributed by atoms with Crippen molar-refractivity contribution in [3.8, 4) is 0 Å². The largest absolute Gasteiger partial charge is 0.375 e. The SMILES string of the molecule is C[C@@H]1CN(c2cc(F)c(C=NNC(N)=S)cc2F)C[C@H](C)N1Cc1cccc(F)c1. The minimum absolute atomic E-state index is 0.00848. The normalized spacial score (nSPS) is 20.0. The van der Waals surface area contributed by atoms with Gasteiger partial charge in [0, 0.05) is 43.3 Å². The molecule has 0 spiro atoms. The molecule has 0 bridgehead atoms. The second-order valence-electron chi connectivity index (χ2n) is 7.46. The predicted octanol–water partition coefficient (Wildman–Crippen LogP) is 3.37. The summed E-state index contributed by atoms with van der Waals surface area (Å²) in [6.45, 7) is 5.69. The van der Waals surface area contributed by atoms with Gasteiger partial charge in [-0.1, -0.05) is 12.1 Å². The Morgan fingerprint density at radius 3 is 2.50 bits per heavy atom. The zero-order valence-corrected chi connectivity index (χ0v) is 17.6. The molecule has 1 aliphatic rings. The molecule has 2 aromatic carbocycles. The molecule has 0 unspecified atom stereocenters. The highest BCUT2D eigenvalue weighted by Gasteiger charge is 2.31. The van der Waals surface area contributed by atoms with Gasteiger partial charge < -0.3 is 10.6 Å². The lowest BCUT2D eigenvalue weighted by molar-refractivity contribution is 0.123. The highest BCUT2D eigenvalue weighted by molar-refractivity contribution is 7.80. The number of hydrogen-bond acceptors (Lipinski definition) is 4. The number of thiocarbonyl (C=S) groups is 1. The van der Waals surface area contributed by atoms with Crippen molar-refractivity contribution < 1.29 is 13.2 Å². The molecular formula is C21H24F3N5S.